The summed E-state index contributed by atoms with van der Waals surface area (Å²) in [7, 11) is 1.66. The first-order valence-electron chi connectivity index (χ1n) is 5.64. The van der Waals surface area contributed by atoms with Crippen LogP contribution < -0.4 is 4.74 Å². The number of rotatable bonds is 4. The molecule has 92 valence electrons. The molecule has 1 nitrogen and oxygen atoms in total. The van der Waals surface area contributed by atoms with E-state index in [2.05, 4.69) is 12.1 Å². The van der Waals surface area contributed by atoms with Crippen LogP contribution in [-0.4, -0.2) is 11.3 Å². The molecule has 0 fully saturated rings. The van der Waals surface area contributed by atoms with Crippen molar-refractivity contribution in [3.8, 4) is 5.75 Å². The Balaban J connectivity index is 1.95. The summed E-state index contributed by atoms with van der Waals surface area (Å²) in [6, 6.07) is 18.2. The van der Waals surface area contributed by atoms with Crippen molar-refractivity contribution < 1.29 is 4.74 Å². The van der Waals surface area contributed by atoms with E-state index in [1.54, 1.807) is 18.9 Å². The highest BCUT2D eigenvalue weighted by Crippen LogP contribution is 2.21. The van der Waals surface area contributed by atoms with Crippen LogP contribution in [0.4, 0.5) is 0 Å². The highest BCUT2D eigenvalue weighted by molar-refractivity contribution is 8.23. The Bertz CT molecular complexity index is 506. The molecule has 18 heavy (non-hydrogen) atoms. The van der Waals surface area contributed by atoms with E-state index >= 15 is 0 Å². The van der Waals surface area contributed by atoms with Gasteiger partial charge in [-0.05, 0) is 35.4 Å². The molecule has 0 radical (unpaired) electrons. The molecular formula is C15H14OS2. The molecule has 0 saturated carbocycles. The van der Waals surface area contributed by atoms with Gasteiger partial charge in [-0.1, -0.05) is 42.5 Å². The van der Waals surface area contributed by atoms with Crippen molar-refractivity contribution in [3.63, 3.8) is 0 Å². The van der Waals surface area contributed by atoms with Crippen LogP contribution in [0.2, 0.25) is 0 Å². The number of hydrogen-bond donors (Lipinski definition) is 0. The number of ether oxygens (including phenoxy) is 1. The molecule has 2 aromatic carbocycles. The molecule has 0 N–H and O–H groups in total. The summed E-state index contributed by atoms with van der Waals surface area (Å²) < 4.78 is 6.05. The largest absolute Gasteiger partial charge is 0.497 e. The predicted molar refractivity (Wildman–Crippen MR) is 82.4 cm³/mol. The summed E-state index contributed by atoms with van der Waals surface area (Å²) in [5, 5.41) is 0. The van der Waals surface area contributed by atoms with E-state index in [4.69, 9.17) is 17.0 Å². The number of thiocarbonyl (C=S) groups is 1. The quantitative estimate of drug-likeness (QED) is 0.769. The average molecular weight is 274 g/mol. The summed E-state index contributed by atoms with van der Waals surface area (Å²) in [4.78, 5) is 0. The molecule has 0 amide bonds. The van der Waals surface area contributed by atoms with E-state index < -0.39 is 0 Å². The monoisotopic (exact) mass is 274 g/mol. The van der Waals surface area contributed by atoms with E-state index in [1.807, 2.05) is 42.5 Å². The number of thioether (sulfide) groups is 1. The molecule has 0 aromatic heterocycles. The van der Waals surface area contributed by atoms with Crippen molar-refractivity contribution >= 4 is 28.2 Å². The van der Waals surface area contributed by atoms with Crippen LogP contribution in [0.25, 0.3) is 0 Å². The van der Waals surface area contributed by atoms with Crippen molar-refractivity contribution in [2.45, 2.75) is 5.75 Å². The van der Waals surface area contributed by atoms with Gasteiger partial charge in [-0.15, -0.1) is 11.8 Å². The first-order valence-corrected chi connectivity index (χ1v) is 7.04. The predicted octanol–water partition coefficient (Wildman–Crippen LogP) is 4.30. The van der Waals surface area contributed by atoms with Crippen molar-refractivity contribution in [2.75, 3.05) is 7.11 Å². The Labute approximate surface area is 117 Å². The van der Waals surface area contributed by atoms with Crippen molar-refractivity contribution in [3.05, 3.63) is 65.7 Å². The molecule has 0 aliphatic carbocycles. The van der Waals surface area contributed by atoms with Crippen LogP contribution in [0.15, 0.2) is 54.6 Å². The van der Waals surface area contributed by atoms with E-state index in [-0.39, 0.29) is 0 Å². The minimum atomic E-state index is 0.856. The Morgan fingerprint density at radius 3 is 2.33 bits per heavy atom. The fourth-order valence-electron chi connectivity index (χ4n) is 1.53. The maximum absolute atomic E-state index is 5.42. The Kier molecular flexibility index (Phi) is 4.79. The molecular weight excluding hydrogens is 260 g/mol. The third-order valence-electron chi connectivity index (χ3n) is 2.54. The van der Waals surface area contributed by atoms with Gasteiger partial charge in [0.05, 0.1) is 11.3 Å². The zero-order valence-electron chi connectivity index (χ0n) is 10.1. The van der Waals surface area contributed by atoms with E-state index in [1.165, 1.54) is 5.56 Å². The minimum Gasteiger partial charge on any atom is -0.497 e. The molecule has 0 aliphatic heterocycles. The van der Waals surface area contributed by atoms with Crippen molar-refractivity contribution in [1.29, 1.82) is 0 Å². The lowest BCUT2D eigenvalue weighted by Crippen LogP contribution is -1.93. The van der Waals surface area contributed by atoms with Crippen molar-refractivity contribution in [1.82, 2.24) is 0 Å². The zero-order chi connectivity index (χ0) is 12.8. The molecule has 0 atom stereocenters. The number of methoxy groups -OCH3 is 1. The lowest BCUT2D eigenvalue weighted by molar-refractivity contribution is 0.415. The van der Waals surface area contributed by atoms with Gasteiger partial charge in [0.15, 0.2) is 0 Å². The Morgan fingerprint density at radius 1 is 1.06 bits per heavy atom. The normalized spacial score (nSPS) is 10.1. The smallest absolute Gasteiger partial charge is 0.118 e. The van der Waals surface area contributed by atoms with Crippen LogP contribution >= 0.6 is 24.0 Å². The van der Waals surface area contributed by atoms with E-state index in [0.29, 0.717) is 0 Å². The van der Waals surface area contributed by atoms with E-state index in [9.17, 15) is 0 Å². The third kappa shape index (κ3) is 3.59. The van der Waals surface area contributed by atoms with Gasteiger partial charge >= 0.3 is 0 Å². The van der Waals surface area contributed by atoms with Crippen LogP contribution in [0.1, 0.15) is 11.1 Å². The lowest BCUT2D eigenvalue weighted by atomic mass is 10.2. The average Bonchev–Trinajstić information content (AvgIpc) is 2.46. The van der Waals surface area contributed by atoms with Gasteiger partial charge in [0.2, 0.25) is 0 Å². The Hall–Kier alpha value is -1.32. The lowest BCUT2D eigenvalue weighted by Gasteiger charge is -2.05. The second-order valence-electron chi connectivity index (χ2n) is 3.79. The zero-order valence-corrected chi connectivity index (χ0v) is 11.8. The highest BCUT2D eigenvalue weighted by atomic mass is 32.2. The summed E-state index contributed by atoms with van der Waals surface area (Å²) in [6.07, 6.45) is 0. The molecule has 0 unspecified atom stereocenters. The summed E-state index contributed by atoms with van der Waals surface area (Å²) in [5.41, 5.74) is 2.37. The van der Waals surface area contributed by atoms with E-state index in [0.717, 1.165) is 21.3 Å². The number of benzene rings is 2. The molecule has 0 spiro atoms. The molecule has 0 saturated heterocycles. The molecule has 0 bridgehead atoms. The summed E-state index contributed by atoms with van der Waals surface area (Å²) in [5.74, 6) is 1.76. The Morgan fingerprint density at radius 2 is 1.72 bits per heavy atom. The second kappa shape index (κ2) is 6.57. The molecule has 2 aromatic rings. The van der Waals surface area contributed by atoms with Gasteiger partial charge in [0.1, 0.15) is 5.75 Å². The van der Waals surface area contributed by atoms with Crippen LogP contribution in [0.5, 0.6) is 5.75 Å². The summed E-state index contributed by atoms with van der Waals surface area (Å²) >= 11 is 7.11. The fourth-order valence-corrected chi connectivity index (χ4v) is 2.64. The van der Waals surface area contributed by atoms with Gasteiger partial charge < -0.3 is 4.74 Å². The highest BCUT2D eigenvalue weighted by Gasteiger charge is 2.03. The van der Waals surface area contributed by atoms with Crippen LogP contribution in [0.3, 0.4) is 0 Å². The van der Waals surface area contributed by atoms with Gasteiger partial charge in [-0.2, -0.15) is 0 Å². The van der Waals surface area contributed by atoms with Crippen molar-refractivity contribution in [2.24, 2.45) is 0 Å². The topological polar surface area (TPSA) is 9.23 Å². The fraction of sp³-hybridized carbons (Fsp3) is 0.133. The van der Waals surface area contributed by atoms with Crippen LogP contribution in [-0.2, 0) is 5.75 Å². The maximum Gasteiger partial charge on any atom is 0.118 e. The molecule has 2 rings (SSSR count). The maximum atomic E-state index is 5.42. The van der Waals surface area contributed by atoms with Gasteiger partial charge in [-0.25, -0.2) is 0 Å². The second-order valence-corrected chi connectivity index (χ2v) is 5.44. The summed E-state index contributed by atoms with van der Waals surface area (Å²) in [6.45, 7) is 0. The number of hydrogen-bond acceptors (Lipinski definition) is 3. The standard InChI is InChI=1S/C15H14OS2/c1-16-14-9-7-13(8-10-14)15(17)18-11-12-5-3-2-4-6-12/h2-10H,11H2,1H3. The SMILES string of the molecule is COc1ccc(C(=S)SCc2ccccc2)cc1. The van der Waals surface area contributed by atoms with Crippen LogP contribution in [0, 0.1) is 0 Å². The first-order chi connectivity index (χ1) is 8.79. The minimum absolute atomic E-state index is 0.856. The first kappa shape index (κ1) is 13.1. The molecule has 0 heterocycles. The van der Waals surface area contributed by atoms with Gasteiger partial charge in [0.25, 0.3) is 0 Å². The van der Waals surface area contributed by atoms with Gasteiger partial charge in [0, 0.05) is 5.75 Å². The molecule has 3 heteroatoms. The third-order valence-corrected chi connectivity index (χ3v) is 4.10. The van der Waals surface area contributed by atoms with Gasteiger partial charge in [-0.3, -0.25) is 0 Å². The molecule has 0 aliphatic rings.